The molecule has 0 radical (unpaired) electrons. The Morgan fingerprint density at radius 3 is 2.52 bits per heavy atom. The molecule has 1 atom stereocenters. The molecule has 0 unspecified atom stereocenters. The Kier molecular flexibility index (Phi) is 4.10. The molecule has 112 valence electrons. The van der Waals surface area contributed by atoms with Crippen molar-refractivity contribution in [1.29, 1.82) is 0 Å². The average Bonchev–Trinajstić information content (AvgIpc) is 3.08. The smallest absolute Gasteiger partial charge is 0.206 e. The number of thiophene rings is 1. The molecule has 0 amide bonds. The molecule has 21 heavy (non-hydrogen) atoms. The first-order valence-corrected chi connectivity index (χ1v) is 9.46. The topological polar surface area (TPSA) is 37.4 Å². The standard InChI is InChI=1S/C15H16ClNO2S2/c1-11-4-6-12(7-5-11)13-3-2-10-17(13)21(18,19)15-9-8-14(16)20-15/h4-9,13H,2-3,10H2,1H3/t13-/m1/s1. The van der Waals surface area contributed by atoms with Gasteiger partial charge in [-0.3, -0.25) is 0 Å². The Morgan fingerprint density at radius 1 is 1.19 bits per heavy atom. The van der Waals surface area contributed by atoms with Gasteiger partial charge in [0.25, 0.3) is 10.0 Å². The van der Waals surface area contributed by atoms with E-state index in [9.17, 15) is 8.42 Å². The largest absolute Gasteiger partial charge is 0.253 e. The Labute approximate surface area is 134 Å². The van der Waals surface area contributed by atoms with Crippen LogP contribution in [-0.4, -0.2) is 19.3 Å². The van der Waals surface area contributed by atoms with Gasteiger partial charge in [-0.05, 0) is 37.5 Å². The van der Waals surface area contributed by atoms with Crippen molar-refractivity contribution in [2.24, 2.45) is 0 Å². The highest BCUT2D eigenvalue weighted by Crippen LogP contribution is 2.38. The molecule has 1 aliphatic heterocycles. The molecule has 0 N–H and O–H groups in total. The van der Waals surface area contributed by atoms with Gasteiger partial charge < -0.3 is 0 Å². The summed E-state index contributed by atoms with van der Waals surface area (Å²) in [7, 11) is -3.46. The fourth-order valence-electron chi connectivity index (χ4n) is 2.70. The predicted octanol–water partition coefficient (Wildman–Crippen LogP) is 4.24. The van der Waals surface area contributed by atoms with Gasteiger partial charge >= 0.3 is 0 Å². The molecule has 6 heteroatoms. The van der Waals surface area contributed by atoms with E-state index < -0.39 is 10.0 Å². The van der Waals surface area contributed by atoms with Crippen LogP contribution in [0.1, 0.15) is 30.0 Å². The maximum Gasteiger partial charge on any atom is 0.253 e. The van der Waals surface area contributed by atoms with E-state index >= 15 is 0 Å². The lowest BCUT2D eigenvalue weighted by molar-refractivity contribution is 0.398. The lowest BCUT2D eigenvalue weighted by Crippen LogP contribution is -2.30. The summed E-state index contributed by atoms with van der Waals surface area (Å²) in [4.78, 5) is 0. The maximum absolute atomic E-state index is 12.8. The number of hydrogen-bond donors (Lipinski definition) is 0. The highest BCUT2D eigenvalue weighted by molar-refractivity contribution is 7.91. The highest BCUT2D eigenvalue weighted by Gasteiger charge is 2.36. The summed E-state index contributed by atoms with van der Waals surface area (Å²) < 4.78 is 28.0. The van der Waals surface area contributed by atoms with E-state index in [1.54, 1.807) is 16.4 Å². The quantitative estimate of drug-likeness (QED) is 0.837. The van der Waals surface area contributed by atoms with Crippen molar-refractivity contribution >= 4 is 33.0 Å². The molecule has 1 saturated heterocycles. The first kappa shape index (κ1) is 15.0. The van der Waals surface area contributed by atoms with Gasteiger partial charge in [0.05, 0.1) is 10.4 Å². The van der Waals surface area contributed by atoms with Crippen LogP contribution in [0.5, 0.6) is 0 Å². The molecule has 0 aliphatic carbocycles. The summed E-state index contributed by atoms with van der Waals surface area (Å²) in [6, 6.07) is 11.3. The Bertz CT molecular complexity index is 737. The van der Waals surface area contributed by atoms with Gasteiger partial charge in [-0.1, -0.05) is 41.4 Å². The molecular formula is C15H16ClNO2S2. The van der Waals surface area contributed by atoms with E-state index in [-0.39, 0.29) is 6.04 Å². The third-order valence-corrected chi connectivity index (χ3v) is 7.38. The lowest BCUT2D eigenvalue weighted by atomic mass is 10.0. The molecule has 2 aromatic rings. The normalized spacial score (nSPS) is 20.0. The SMILES string of the molecule is Cc1ccc([C@H]2CCCN2S(=O)(=O)c2ccc(Cl)s2)cc1. The van der Waals surface area contributed by atoms with Gasteiger partial charge in [-0.15, -0.1) is 11.3 Å². The van der Waals surface area contributed by atoms with Crippen molar-refractivity contribution in [3.63, 3.8) is 0 Å². The number of halogens is 1. The minimum Gasteiger partial charge on any atom is -0.206 e. The van der Waals surface area contributed by atoms with Crippen molar-refractivity contribution < 1.29 is 8.42 Å². The molecule has 2 heterocycles. The van der Waals surface area contributed by atoms with E-state index in [4.69, 9.17) is 11.6 Å². The van der Waals surface area contributed by atoms with Crippen LogP contribution in [0, 0.1) is 6.92 Å². The molecule has 0 spiro atoms. The number of aryl methyl sites for hydroxylation is 1. The van der Waals surface area contributed by atoms with Crippen molar-refractivity contribution in [3.05, 3.63) is 51.9 Å². The number of rotatable bonds is 3. The Morgan fingerprint density at radius 2 is 1.90 bits per heavy atom. The van der Waals surface area contributed by atoms with E-state index in [2.05, 4.69) is 0 Å². The van der Waals surface area contributed by atoms with Crippen molar-refractivity contribution in [3.8, 4) is 0 Å². The third-order valence-electron chi connectivity index (χ3n) is 3.78. The third kappa shape index (κ3) is 2.88. The Hall–Kier alpha value is -0.880. The summed E-state index contributed by atoms with van der Waals surface area (Å²) >= 11 is 7.00. The van der Waals surface area contributed by atoms with Gasteiger partial charge in [-0.25, -0.2) is 8.42 Å². The molecule has 1 aliphatic rings. The summed E-state index contributed by atoms with van der Waals surface area (Å²) in [5.74, 6) is 0. The zero-order valence-corrected chi connectivity index (χ0v) is 14.0. The van der Waals surface area contributed by atoms with Gasteiger partial charge in [0.1, 0.15) is 4.21 Å². The molecule has 0 bridgehead atoms. The van der Waals surface area contributed by atoms with Crippen LogP contribution in [0.3, 0.4) is 0 Å². The summed E-state index contributed by atoms with van der Waals surface area (Å²) in [5.41, 5.74) is 2.24. The second-order valence-electron chi connectivity index (χ2n) is 5.24. The van der Waals surface area contributed by atoms with Gasteiger partial charge in [0.15, 0.2) is 0 Å². The zero-order chi connectivity index (χ0) is 15.0. The Balaban J connectivity index is 1.95. The summed E-state index contributed by atoms with van der Waals surface area (Å²) in [6.07, 6.45) is 1.75. The van der Waals surface area contributed by atoms with E-state index in [0.29, 0.717) is 15.1 Å². The second-order valence-corrected chi connectivity index (χ2v) is 9.08. The van der Waals surface area contributed by atoms with Crippen molar-refractivity contribution in [1.82, 2.24) is 4.31 Å². The van der Waals surface area contributed by atoms with Crippen LogP contribution in [-0.2, 0) is 10.0 Å². The van der Waals surface area contributed by atoms with Gasteiger partial charge in [0, 0.05) is 6.54 Å². The maximum atomic E-state index is 12.8. The van der Waals surface area contributed by atoms with Crippen LogP contribution < -0.4 is 0 Å². The highest BCUT2D eigenvalue weighted by atomic mass is 35.5. The summed E-state index contributed by atoms with van der Waals surface area (Å²) in [5, 5.41) is 0. The van der Waals surface area contributed by atoms with Gasteiger partial charge in [0.2, 0.25) is 0 Å². The van der Waals surface area contributed by atoms with Crippen molar-refractivity contribution in [2.45, 2.75) is 30.0 Å². The monoisotopic (exact) mass is 341 g/mol. The lowest BCUT2D eigenvalue weighted by Gasteiger charge is -2.23. The van der Waals surface area contributed by atoms with Crippen molar-refractivity contribution in [2.75, 3.05) is 6.54 Å². The van der Waals surface area contributed by atoms with Gasteiger partial charge in [-0.2, -0.15) is 4.31 Å². The minimum atomic E-state index is -3.46. The molecule has 1 fully saturated rings. The first-order chi connectivity index (χ1) is 9.98. The molecule has 3 rings (SSSR count). The molecule has 1 aromatic heterocycles. The first-order valence-electron chi connectivity index (χ1n) is 6.82. The van der Waals surface area contributed by atoms with Crippen LogP contribution in [0.2, 0.25) is 4.34 Å². The molecule has 0 saturated carbocycles. The fourth-order valence-corrected chi connectivity index (χ4v) is 6.00. The van der Waals surface area contributed by atoms with E-state index in [1.807, 2.05) is 31.2 Å². The van der Waals surface area contributed by atoms with E-state index in [1.165, 1.54) is 5.56 Å². The van der Waals surface area contributed by atoms with Crippen LogP contribution in [0.25, 0.3) is 0 Å². The summed E-state index contributed by atoms with van der Waals surface area (Å²) in [6.45, 7) is 2.59. The predicted molar refractivity (Wildman–Crippen MR) is 86.4 cm³/mol. The number of benzene rings is 1. The second kappa shape index (κ2) is 5.72. The zero-order valence-electron chi connectivity index (χ0n) is 11.6. The molecular weight excluding hydrogens is 326 g/mol. The number of nitrogens with zero attached hydrogens (tertiary/aromatic N) is 1. The fraction of sp³-hybridized carbons (Fsp3) is 0.333. The average molecular weight is 342 g/mol. The molecule has 1 aromatic carbocycles. The van der Waals surface area contributed by atoms with Crippen LogP contribution in [0.4, 0.5) is 0 Å². The number of hydrogen-bond acceptors (Lipinski definition) is 3. The minimum absolute atomic E-state index is 0.0727. The van der Waals surface area contributed by atoms with Crippen LogP contribution >= 0.6 is 22.9 Å². The van der Waals surface area contributed by atoms with Crippen LogP contribution in [0.15, 0.2) is 40.6 Å². The van der Waals surface area contributed by atoms with E-state index in [0.717, 1.165) is 29.7 Å². The number of sulfonamides is 1. The molecule has 3 nitrogen and oxygen atoms in total.